The molecule has 134 valence electrons. The molecular weight excluding hydrogens is 322 g/mol. The van der Waals surface area contributed by atoms with Crippen LogP contribution in [0.15, 0.2) is 39.5 Å². The number of rotatable bonds is 3. The number of carbonyl (C=O) groups is 1. The zero-order valence-corrected chi connectivity index (χ0v) is 15.0. The van der Waals surface area contributed by atoms with Gasteiger partial charge in [-0.15, -0.1) is 0 Å². The van der Waals surface area contributed by atoms with Crippen LogP contribution in [0.3, 0.4) is 0 Å². The molecule has 0 fully saturated rings. The first-order valence-electron chi connectivity index (χ1n) is 7.96. The van der Waals surface area contributed by atoms with Crippen molar-refractivity contribution in [3.05, 3.63) is 63.2 Å². The maximum atomic E-state index is 12.3. The number of aromatic hydroxyl groups is 1. The molecule has 1 aromatic carbocycles. The van der Waals surface area contributed by atoms with E-state index in [0.717, 1.165) is 5.56 Å². The maximum absolute atomic E-state index is 12.3. The second-order valence-corrected chi connectivity index (χ2v) is 6.93. The number of hydrogen-bond acceptors (Lipinski definition) is 5. The van der Waals surface area contributed by atoms with Crippen LogP contribution >= 0.6 is 0 Å². The SMILES string of the molecule is Cc1ccc([C@@H](NC(=O)OC(C)(C)C)c2c(O)cc(C)oc2=O)cc1. The summed E-state index contributed by atoms with van der Waals surface area (Å²) in [6.07, 6.45) is -0.697. The Bertz CT molecular complexity index is 815. The molecule has 6 heteroatoms. The van der Waals surface area contributed by atoms with E-state index in [1.807, 2.05) is 19.1 Å². The van der Waals surface area contributed by atoms with Gasteiger partial charge in [0.05, 0.1) is 6.04 Å². The van der Waals surface area contributed by atoms with Crippen LogP contribution in [0.5, 0.6) is 5.75 Å². The van der Waals surface area contributed by atoms with Crippen LogP contribution in [0.25, 0.3) is 0 Å². The Hall–Kier alpha value is -2.76. The molecule has 0 spiro atoms. The number of aryl methyl sites for hydroxylation is 2. The summed E-state index contributed by atoms with van der Waals surface area (Å²) in [5.74, 6) is 0.0431. The number of hydrogen-bond donors (Lipinski definition) is 2. The van der Waals surface area contributed by atoms with Gasteiger partial charge < -0.3 is 19.6 Å². The first kappa shape index (κ1) is 18.6. The zero-order chi connectivity index (χ0) is 18.8. The molecule has 0 radical (unpaired) electrons. The van der Waals surface area contributed by atoms with Gasteiger partial charge in [-0.1, -0.05) is 29.8 Å². The van der Waals surface area contributed by atoms with Crippen LogP contribution in [0.2, 0.25) is 0 Å². The van der Waals surface area contributed by atoms with Crippen molar-refractivity contribution < 1.29 is 19.1 Å². The molecule has 6 nitrogen and oxygen atoms in total. The van der Waals surface area contributed by atoms with Crippen LogP contribution in [0.4, 0.5) is 4.79 Å². The topological polar surface area (TPSA) is 88.8 Å². The van der Waals surface area contributed by atoms with E-state index >= 15 is 0 Å². The molecule has 0 bridgehead atoms. The highest BCUT2D eigenvalue weighted by Crippen LogP contribution is 2.28. The van der Waals surface area contributed by atoms with Crippen molar-refractivity contribution in [1.29, 1.82) is 0 Å². The summed E-state index contributed by atoms with van der Waals surface area (Å²) in [7, 11) is 0. The summed E-state index contributed by atoms with van der Waals surface area (Å²) in [5, 5.41) is 12.9. The summed E-state index contributed by atoms with van der Waals surface area (Å²) in [5.41, 5.74) is 0.212. The highest BCUT2D eigenvalue weighted by molar-refractivity contribution is 5.69. The summed E-state index contributed by atoms with van der Waals surface area (Å²) < 4.78 is 10.4. The standard InChI is InChI=1S/C19H23NO5/c1-11-6-8-13(9-7-11)16(20-18(23)25-19(3,4)5)15-14(21)10-12(2)24-17(15)22/h6-10,16,21H,1-5H3,(H,20,23)/t16-/m1/s1. The van der Waals surface area contributed by atoms with Gasteiger partial charge in [-0.25, -0.2) is 9.59 Å². The van der Waals surface area contributed by atoms with Crippen LogP contribution in [0, 0.1) is 13.8 Å². The third kappa shape index (κ3) is 4.86. The van der Waals surface area contributed by atoms with Crippen LogP contribution in [-0.2, 0) is 4.74 Å². The highest BCUT2D eigenvalue weighted by Gasteiger charge is 2.27. The van der Waals surface area contributed by atoms with Crippen molar-refractivity contribution in [2.45, 2.75) is 46.3 Å². The molecular formula is C19H23NO5. The quantitative estimate of drug-likeness (QED) is 0.887. The molecule has 0 aliphatic rings. The van der Waals surface area contributed by atoms with E-state index < -0.39 is 23.4 Å². The average molecular weight is 345 g/mol. The molecule has 25 heavy (non-hydrogen) atoms. The molecule has 0 unspecified atom stereocenters. The minimum Gasteiger partial charge on any atom is -0.507 e. The van der Waals surface area contributed by atoms with Gasteiger partial charge in [-0.3, -0.25) is 0 Å². The van der Waals surface area contributed by atoms with E-state index in [0.29, 0.717) is 5.56 Å². The second-order valence-electron chi connectivity index (χ2n) is 6.93. The largest absolute Gasteiger partial charge is 0.507 e. The predicted octanol–water partition coefficient (Wildman–Crippen LogP) is 3.58. The van der Waals surface area contributed by atoms with Crippen molar-refractivity contribution in [3.63, 3.8) is 0 Å². The first-order valence-corrected chi connectivity index (χ1v) is 7.96. The molecule has 0 aliphatic carbocycles. The monoisotopic (exact) mass is 345 g/mol. The van der Waals surface area contributed by atoms with Crippen molar-refractivity contribution in [1.82, 2.24) is 5.32 Å². The van der Waals surface area contributed by atoms with Gasteiger partial charge >= 0.3 is 11.7 Å². The predicted molar refractivity (Wildman–Crippen MR) is 93.8 cm³/mol. The third-order valence-electron chi connectivity index (χ3n) is 3.45. The number of ether oxygens (including phenoxy) is 1. The molecule has 2 aromatic rings. The van der Waals surface area contributed by atoms with E-state index in [1.165, 1.54) is 6.07 Å². The van der Waals surface area contributed by atoms with E-state index in [9.17, 15) is 14.7 Å². The maximum Gasteiger partial charge on any atom is 0.408 e. The lowest BCUT2D eigenvalue weighted by atomic mass is 9.98. The fraction of sp³-hybridized carbons (Fsp3) is 0.368. The van der Waals surface area contributed by atoms with Crippen molar-refractivity contribution in [2.24, 2.45) is 0 Å². The fourth-order valence-corrected chi connectivity index (χ4v) is 2.38. The third-order valence-corrected chi connectivity index (χ3v) is 3.45. The van der Waals surface area contributed by atoms with Gasteiger partial charge in [-0.05, 0) is 40.2 Å². The number of amides is 1. The van der Waals surface area contributed by atoms with Crippen molar-refractivity contribution in [3.8, 4) is 5.75 Å². The first-order chi connectivity index (χ1) is 11.6. The molecule has 1 heterocycles. The van der Waals surface area contributed by atoms with Crippen LogP contribution < -0.4 is 10.9 Å². The van der Waals surface area contributed by atoms with E-state index in [4.69, 9.17) is 9.15 Å². The molecule has 1 amide bonds. The van der Waals surface area contributed by atoms with Gasteiger partial charge in [0.1, 0.15) is 22.7 Å². The Morgan fingerprint density at radius 2 is 1.80 bits per heavy atom. The lowest BCUT2D eigenvalue weighted by molar-refractivity contribution is 0.0511. The molecule has 0 saturated carbocycles. The second kappa shape index (κ2) is 7.01. The molecule has 1 atom stereocenters. The molecule has 0 saturated heterocycles. The van der Waals surface area contributed by atoms with E-state index in [1.54, 1.807) is 39.8 Å². The molecule has 1 aromatic heterocycles. The van der Waals surface area contributed by atoms with Crippen molar-refractivity contribution >= 4 is 6.09 Å². The summed E-state index contributed by atoms with van der Waals surface area (Å²) >= 11 is 0. The number of benzene rings is 1. The van der Waals surface area contributed by atoms with Gasteiger partial charge in [0.15, 0.2) is 0 Å². The van der Waals surface area contributed by atoms with E-state index in [2.05, 4.69) is 5.32 Å². The summed E-state index contributed by atoms with van der Waals surface area (Å²) in [6, 6.07) is 7.70. The fourth-order valence-electron chi connectivity index (χ4n) is 2.38. The van der Waals surface area contributed by atoms with E-state index in [-0.39, 0.29) is 17.1 Å². The van der Waals surface area contributed by atoms with Gasteiger partial charge in [0.25, 0.3) is 0 Å². The number of alkyl carbamates (subject to hydrolysis) is 1. The van der Waals surface area contributed by atoms with Gasteiger partial charge in [-0.2, -0.15) is 0 Å². The smallest absolute Gasteiger partial charge is 0.408 e. The Kier molecular flexibility index (Phi) is 5.21. The van der Waals surface area contributed by atoms with Crippen molar-refractivity contribution in [2.75, 3.05) is 0 Å². The summed E-state index contributed by atoms with van der Waals surface area (Å²) in [6.45, 7) is 8.71. The van der Waals surface area contributed by atoms with Crippen LogP contribution in [-0.4, -0.2) is 16.8 Å². The minimum absolute atomic E-state index is 0.0414. The lowest BCUT2D eigenvalue weighted by Gasteiger charge is -2.24. The van der Waals surface area contributed by atoms with Crippen LogP contribution in [0.1, 0.15) is 49.3 Å². The Labute approximate surface area is 146 Å². The zero-order valence-electron chi connectivity index (χ0n) is 15.0. The van der Waals surface area contributed by atoms with Gasteiger partial charge in [0.2, 0.25) is 0 Å². The Morgan fingerprint density at radius 1 is 1.20 bits per heavy atom. The number of carbonyl (C=O) groups excluding carboxylic acids is 1. The normalized spacial score (nSPS) is 12.5. The highest BCUT2D eigenvalue weighted by atomic mass is 16.6. The average Bonchev–Trinajstić information content (AvgIpc) is 2.44. The Morgan fingerprint density at radius 3 is 2.32 bits per heavy atom. The minimum atomic E-state index is -0.896. The lowest BCUT2D eigenvalue weighted by Crippen LogP contribution is -2.37. The number of nitrogens with one attached hydrogen (secondary N) is 1. The van der Waals surface area contributed by atoms with Gasteiger partial charge in [0, 0.05) is 6.07 Å². The Balaban J connectivity index is 2.48. The molecule has 0 aliphatic heterocycles. The summed E-state index contributed by atoms with van der Waals surface area (Å²) in [4.78, 5) is 24.5. The molecule has 2 rings (SSSR count). The molecule has 2 N–H and O–H groups in total.